The van der Waals surface area contributed by atoms with Gasteiger partial charge in [-0.1, -0.05) is 58.9 Å². The van der Waals surface area contributed by atoms with E-state index in [1.807, 2.05) is 32.1 Å². The maximum atomic E-state index is 10.8. The van der Waals surface area contributed by atoms with Gasteiger partial charge in [-0.15, -0.1) is 6.58 Å². The van der Waals surface area contributed by atoms with Gasteiger partial charge in [-0.05, 0) is 28.2 Å². The Morgan fingerprint density at radius 2 is 1.57 bits per heavy atom. The highest BCUT2D eigenvalue weighted by atomic mass is 16.4. The molecule has 3 heteroatoms. The predicted molar refractivity (Wildman–Crippen MR) is 86.6 cm³/mol. The molecule has 0 bridgehead atoms. The van der Waals surface area contributed by atoms with Crippen molar-refractivity contribution in [1.82, 2.24) is 0 Å². The second-order valence-corrected chi connectivity index (χ2v) is 6.85. The van der Waals surface area contributed by atoms with Crippen LogP contribution >= 0.6 is 0 Å². The first-order chi connectivity index (χ1) is 9.47. The zero-order chi connectivity index (χ0) is 16.4. The maximum Gasteiger partial charge on any atom is 0.370 e. The Balaban J connectivity index is 3.53. The van der Waals surface area contributed by atoms with Crippen molar-refractivity contribution < 1.29 is 15.0 Å². The molecule has 0 radical (unpaired) electrons. The zero-order valence-electron chi connectivity index (χ0n) is 13.4. The molecule has 114 valence electrons. The van der Waals surface area contributed by atoms with Crippen LogP contribution in [0.2, 0.25) is 0 Å². The van der Waals surface area contributed by atoms with Crippen LogP contribution in [0.5, 0.6) is 0 Å². The first-order valence-corrected chi connectivity index (χ1v) is 6.91. The Bertz CT molecular complexity index is 587. The fraction of sp³-hybridized carbons (Fsp3) is 0.389. The summed E-state index contributed by atoms with van der Waals surface area (Å²) in [5, 5.41) is 18.3. The van der Waals surface area contributed by atoms with Crippen LogP contribution in [0.3, 0.4) is 0 Å². The van der Waals surface area contributed by atoms with E-state index in [9.17, 15) is 9.90 Å². The van der Waals surface area contributed by atoms with E-state index < -0.39 is 11.7 Å². The average Bonchev–Trinajstić information content (AvgIpc) is 2.37. The SMILES string of the molecule is C=CC(C)(C)c1cc(C=C(O)C(=O)O)cc(C(C)(C)C)c1. The molecule has 0 heterocycles. The second-order valence-electron chi connectivity index (χ2n) is 6.85. The summed E-state index contributed by atoms with van der Waals surface area (Å²) in [5.74, 6) is -2.00. The summed E-state index contributed by atoms with van der Waals surface area (Å²) in [6.07, 6.45) is 3.14. The van der Waals surface area contributed by atoms with Gasteiger partial charge < -0.3 is 10.2 Å². The number of carbonyl (C=O) groups is 1. The van der Waals surface area contributed by atoms with E-state index >= 15 is 0 Å². The van der Waals surface area contributed by atoms with Gasteiger partial charge >= 0.3 is 5.97 Å². The highest BCUT2D eigenvalue weighted by Crippen LogP contribution is 2.31. The third kappa shape index (κ3) is 4.22. The second kappa shape index (κ2) is 5.76. The van der Waals surface area contributed by atoms with Crippen LogP contribution in [0.25, 0.3) is 6.08 Å². The van der Waals surface area contributed by atoms with Crippen LogP contribution in [-0.2, 0) is 15.6 Å². The molecule has 0 atom stereocenters. The number of benzene rings is 1. The Labute approximate surface area is 126 Å². The molecule has 0 aliphatic carbocycles. The molecule has 1 aromatic rings. The molecule has 0 saturated carbocycles. The molecule has 21 heavy (non-hydrogen) atoms. The number of carboxylic acid groups (broad SMARTS) is 1. The minimum atomic E-state index is -1.33. The number of allylic oxidation sites excluding steroid dienone is 1. The number of hydrogen-bond donors (Lipinski definition) is 2. The summed E-state index contributed by atoms with van der Waals surface area (Å²) in [5.41, 5.74) is 2.48. The maximum absolute atomic E-state index is 10.8. The van der Waals surface area contributed by atoms with E-state index in [-0.39, 0.29) is 10.8 Å². The summed E-state index contributed by atoms with van der Waals surface area (Å²) in [6.45, 7) is 14.2. The Morgan fingerprint density at radius 3 is 2.00 bits per heavy atom. The summed E-state index contributed by atoms with van der Waals surface area (Å²) < 4.78 is 0. The minimum absolute atomic E-state index is 0.0747. The van der Waals surface area contributed by atoms with Crippen LogP contribution < -0.4 is 0 Å². The summed E-state index contributed by atoms with van der Waals surface area (Å²) in [6, 6.07) is 5.90. The first kappa shape index (κ1) is 17.0. The largest absolute Gasteiger partial charge is 0.502 e. The van der Waals surface area contributed by atoms with E-state index in [2.05, 4.69) is 33.4 Å². The number of aliphatic hydroxyl groups is 1. The van der Waals surface area contributed by atoms with Crippen molar-refractivity contribution in [1.29, 1.82) is 0 Å². The molecule has 0 aliphatic heterocycles. The molecule has 0 unspecified atom stereocenters. The van der Waals surface area contributed by atoms with Crippen molar-refractivity contribution in [3.05, 3.63) is 53.3 Å². The Morgan fingerprint density at radius 1 is 1.05 bits per heavy atom. The molecule has 1 rings (SSSR count). The molecule has 1 aromatic carbocycles. The van der Waals surface area contributed by atoms with Crippen LogP contribution in [0.4, 0.5) is 0 Å². The van der Waals surface area contributed by atoms with Gasteiger partial charge in [0.05, 0.1) is 0 Å². The van der Waals surface area contributed by atoms with Gasteiger partial charge in [-0.2, -0.15) is 0 Å². The topological polar surface area (TPSA) is 57.5 Å². The molecule has 2 N–H and O–H groups in total. The van der Waals surface area contributed by atoms with Gasteiger partial charge in [-0.25, -0.2) is 4.79 Å². The third-order valence-corrected chi connectivity index (χ3v) is 3.60. The Hall–Kier alpha value is -2.03. The summed E-state index contributed by atoms with van der Waals surface area (Å²) in [4.78, 5) is 10.8. The van der Waals surface area contributed by atoms with Gasteiger partial charge in [0.2, 0.25) is 5.76 Å². The van der Waals surface area contributed by atoms with Gasteiger partial charge in [-0.3, -0.25) is 0 Å². The number of aliphatic hydroxyl groups excluding tert-OH is 1. The third-order valence-electron chi connectivity index (χ3n) is 3.60. The number of carboxylic acids is 1. The van der Waals surface area contributed by atoms with Crippen molar-refractivity contribution >= 4 is 12.0 Å². The molecule has 0 saturated heterocycles. The van der Waals surface area contributed by atoms with Crippen LogP contribution in [0, 0.1) is 0 Å². The van der Waals surface area contributed by atoms with Crippen molar-refractivity contribution in [2.24, 2.45) is 0 Å². The van der Waals surface area contributed by atoms with Crippen molar-refractivity contribution in [3.8, 4) is 0 Å². The monoisotopic (exact) mass is 288 g/mol. The van der Waals surface area contributed by atoms with Crippen molar-refractivity contribution in [3.63, 3.8) is 0 Å². The highest BCUT2D eigenvalue weighted by Gasteiger charge is 2.21. The molecular weight excluding hydrogens is 264 g/mol. The van der Waals surface area contributed by atoms with Gasteiger partial charge in [0.15, 0.2) is 0 Å². The standard InChI is InChI=1S/C18H24O3/c1-7-18(5,6)14-9-12(10-15(19)16(20)21)8-13(11-14)17(2,3)4/h7-11,19H,1H2,2-6H3,(H,20,21). The lowest BCUT2D eigenvalue weighted by Crippen LogP contribution is -2.17. The van der Waals surface area contributed by atoms with E-state index in [4.69, 9.17) is 5.11 Å². The number of rotatable bonds is 4. The van der Waals surface area contributed by atoms with Crippen LogP contribution in [0.15, 0.2) is 36.6 Å². The molecule has 0 fully saturated rings. The van der Waals surface area contributed by atoms with Crippen LogP contribution in [0.1, 0.15) is 51.3 Å². The molecule has 0 amide bonds. The fourth-order valence-electron chi connectivity index (χ4n) is 1.88. The van der Waals surface area contributed by atoms with Gasteiger partial charge in [0.25, 0.3) is 0 Å². The van der Waals surface area contributed by atoms with Crippen molar-refractivity contribution in [2.75, 3.05) is 0 Å². The molecule has 0 aromatic heterocycles. The lowest BCUT2D eigenvalue weighted by Gasteiger charge is -2.26. The molecule has 0 aliphatic rings. The van der Waals surface area contributed by atoms with E-state index in [1.165, 1.54) is 6.08 Å². The molecule has 3 nitrogen and oxygen atoms in total. The van der Waals surface area contributed by atoms with Crippen molar-refractivity contribution in [2.45, 2.75) is 45.4 Å². The number of aliphatic carboxylic acids is 1. The smallest absolute Gasteiger partial charge is 0.370 e. The lowest BCUT2D eigenvalue weighted by molar-refractivity contribution is -0.135. The quantitative estimate of drug-likeness (QED) is 0.489. The van der Waals surface area contributed by atoms with Gasteiger partial charge in [0.1, 0.15) is 0 Å². The van der Waals surface area contributed by atoms with Crippen LogP contribution in [-0.4, -0.2) is 16.2 Å². The summed E-state index contributed by atoms with van der Waals surface area (Å²) in [7, 11) is 0. The molecular formula is C18H24O3. The van der Waals surface area contributed by atoms with Gasteiger partial charge in [0, 0.05) is 5.41 Å². The normalized spacial score (nSPS) is 13.1. The first-order valence-electron chi connectivity index (χ1n) is 6.91. The zero-order valence-corrected chi connectivity index (χ0v) is 13.4. The number of hydrogen-bond acceptors (Lipinski definition) is 2. The average molecular weight is 288 g/mol. The minimum Gasteiger partial charge on any atom is -0.502 e. The Kier molecular flexibility index (Phi) is 4.67. The lowest BCUT2D eigenvalue weighted by atomic mass is 9.78. The fourth-order valence-corrected chi connectivity index (χ4v) is 1.88. The highest BCUT2D eigenvalue weighted by molar-refractivity contribution is 5.89. The predicted octanol–water partition coefficient (Wildman–Crippen LogP) is 4.43. The summed E-state index contributed by atoms with van der Waals surface area (Å²) >= 11 is 0. The van der Waals surface area contributed by atoms with E-state index in [0.717, 1.165) is 11.1 Å². The van der Waals surface area contributed by atoms with E-state index in [0.29, 0.717) is 5.56 Å². The molecule has 0 spiro atoms. The van der Waals surface area contributed by atoms with E-state index in [1.54, 1.807) is 0 Å².